The second-order valence-electron chi connectivity index (χ2n) is 12.0. The van der Waals surface area contributed by atoms with Crippen LogP contribution in [0.5, 0.6) is 0 Å². The van der Waals surface area contributed by atoms with Gasteiger partial charge in [-0.05, 0) is 103 Å². The number of fused-ring (bicyclic) bond motifs is 3. The van der Waals surface area contributed by atoms with E-state index in [4.69, 9.17) is 0 Å². The lowest BCUT2D eigenvalue weighted by Gasteiger charge is -2.63. The van der Waals surface area contributed by atoms with Gasteiger partial charge in [-0.2, -0.15) is 0 Å². The summed E-state index contributed by atoms with van der Waals surface area (Å²) in [6, 6.07) is 0. The van der Waals surface area contributed by atoms with Crippen LogP contribution in [0.1, 0.15) is 99.3 Å². The molecule has 0 aromatic heterocycles. The molecule has 142 valence electrons. The average Bonchev–Trinajstić information content (AvgIpc) is 2.76. The minimum atomic E-state index is 0.487. The molecule has 6 atom stereocenters. The highest BCUT2D eigenvalue weighted by atomic mass is 14.7. The Bertz CT molecular complexity index is 571. The van der Waals surface area contributed by atoms with Crippen molar-refractivity contribution >= 4 is 0 Å². The maximum Gasteiger partial charge on any atom is -0.00620 e. The van der Waals surface area contributed by atoms with Crippen LogP contribution in [0, 0.1) is 45.3 Å². The Kier molecular flexibility index (Phi) is 3.90. The molecule has 0 heterocycles. The molecule has 0 heteroatoms. The second kappa shape index (κ2) is 5.39. The Labute approximate surface area is 157 Å². The van der Waals surface area contributed by atoms with E-state index in [0.29, 0.717) is 21.7 Å². The molecule has 6 unspecified atom stereocenters. The van der Waals surface area contributed by atoms with Crippen molar-refractivity contribution in [1.82, 2.24) is 0 Å². The van der Waals surface area contributed by atoms with Crippen LogP contribution < -0.4 is 0 Å². The van der Waals surface area contributed by atoms with Crippen molar-refractivity contribution in [2.75, 3.05) is 0 Å². The number of allylic oxidation sites excluding steroid dienone is 1. The number of hydrogen-bond acceptors (Lipinski definition) is 0. The van der Waals surface area contributed by atoms with Crippen molar-refractivity contribution < 1.29 is 0 Å². The van der Waals surface area contributed by atoms with Crippen molar-refractivity contribution in [1.29, 1.82) is 0 Å². The summed E-state index contributed by atoms with van der Waals surface area (Å²) in [6.07, 6.45) is 13.2. The van der Waals surface area contributed by atoms with Gasteiger partial charge < -0.3 is 0 Å². The van der Waals surface area contributed by atoms with Crippen LogP contribution in [0.15, 0.2) is 12.2 Å². The smallest absolute Gasteiger partial charge is 0.00620 e. The van der Waals surface area contributed by atoms with Gasteiger partial charge in [0, 0.05) is 0 Å². The lowest BCUT2D eigenvalue weighted by atomic mass is 9.41. The second-order valence-corrected chi connectivity index (χ2v) is 12.0. The third-order valence-electron chi connectivity index (χ3n) is 10.7. The predicted octanol–water partition coefficient (Wildman–Crippen LogP) is 7.64. The zero-order valence-electron chi connectivity index (χ0n) is 17.9. The Morgan fingerprint density at radius 3 is 2.28 bits per heavy atom. The molecule has 25 heavy (non-hydrogen) atoms. The fraction of sp³-hybridized carbons (Fsp3) is 0.920. The molecular formula is C25H42. The third kappa shape index (κ3) is 2.24. The van der Waals surface area contributed by atoms with Crippen molar-refractivity contribution in [3.63, 3.8) is 0 Å². The fourth-order valence-corrected chi connectivity index (χ4v) is 8.45. The quantitative estimate of drug-likeness (QED) is 0.452. The predicted molar refractivity (Wildman–Crippen MR) is 108 cm³/mol. The summed E-state index contributed by atoms with van der Waals surface area (Å²) in [4.78, 5) is 0. The van der Waals surface area contributed by atoms with Crippen LogP contribution in [-0.4, -0.2) is 0 Å². The highest BCUT2D eigenvalue weighted by Crippen LogP contribution is 2.75. The summed E-state index contributed by atoms with van der Waals surface area (Å²) in [5.41, 5.74) is 3.94. The van der Waals surface area contributed by atoms with Gasteiger partial charge in [0.05, 0.1) is 0 Å². The first-order valence-corrected chi connectivity index (χ1v) is 11.3. The largest absolute Gasteiger partial charge is 0.0993 e. The van der Waals surface area contributed by atoms with Crippen molar-refractivity contribution in [3.8, 4) is 0 Å². The molecule has 0 aliphatic heterocycles. The topological polar surface area (TPSA) is 0 Å². The normalized spacial score (nSPS) is 52.4. The van der Waals surface area contributed by atoms with Gasteiger partial charge in [-0.3, -0.25) is 0 Å². The van der Waals surface area contributed by atoms with E-state index in [1.165, 1.54) is 57.8 Å². The molecule has 0 amide bonds. The van der Waals surface area contributed by atoms with Gasteiger partial charge in [-0.25, -0.2) is 0 Å². The Hall–Kier alpha value is -0.260. The fourth-order valence-electron chi connectivity index (χ4n) is 8.45. The van der Waals surface area contributed by atoms with E-state index in [1.807, 2.05) is 0 Å². The van der Waals surface area contributed by atoms with Crippen LogP contribution in [-0.2, 0) is 0 Å². The lowest BCUT2D eigenvalue weighted by molar-refractivity contribution is -0.142. The van der Waals surface area contributed by atoms with Crippen molar-refractivity contribution in [2.24, 2.45) is 45.3 Å². The molecule has 0 radical (unpaired) electrons. The first kappa shape index (κ1) is 18.1. The molecule has 0 aromatic rings. The van der Waals surface area contributed by atoms with Crippen LogP contribution in [0.25, 0.3) is 0 Å². The molecule has 4 saturated carbocycles. The molecule has 4 fully saturated rings. The molecule has 4 aliphatic carbocycles. The Morgan fingerprint density at radius 1 is 0.920 bits per heavy atom. The van der Waals surface area contributed by atoms with Crippen LogP contribution in [0.2, 0.25) is 0 Å². The molecule has 2 bridgehead atoms. The van der Waals surface area contributed by atoms with E-state index < -0.39 is 0 Å². The van der Waals surface area contributed by atoms with Gasteiger partial charge in [-0.15, -0.1) is 0 Å². The molecule has 1 spiro atoms. The summed E-state index contributed by atoms with van der Waals surface area (Å²) < 4.78 is 0. The van der Waals surface area contributed by atoms with Gasteiger partial charge in [0.15, 0.2) is 0 Å². The standard InChI is InChI=1S/C25H42/c1-17(2)22(6)12-13-23(7)20(15-22)8-10-24-14-19(5)25(16-24,18(3)4)11-9-21(23)24/h17-18,20-21H,5,8-16H2,1-4,6-7H3. The number of hydrogen-bond donors (Lipinski definition) is 0. The van der Waals surface area contributed by atoms with E-state index >= 15 is 0 Å². The SMILES string of the molecule is C=C1CC23CCC4CC(C)(C(C)C)CCC4(C)C2CCC1(C(C)C)C3. The highest BCUT2D eigenvalue weighted by molar-refractivity contribution is 5.28. The molecule has 0 saturated heterocycles. The van der Waals surface area contributed by atoms with Crippen molar-refractivity contribution in [2.45, 2.75) is 99.3 Å². The summed E-state index contributed by atoms with van der Waals surface area (Å²) in [5, 5.41) is 0. The van der Waals surface area contributed by atoms with Crippen LogP contribution in [0.3, 0.4) is 0 Å². The zero-order valence-corrected chi connectivity index (χ0v) is 17.9. The van der Waals surface area contributed by atoms with E-state index in [1.54, 1.807) is 5.57 Å². The third-order valence-corrected chi connectivity index (χ3v) is 10.7. The molecule has 4 aliphatic rings. The summed E-state index contributed by atoms with van der Waals surface area (Å²) in [7, 11) is 0. The Balaban J connectivity index is 1.65. The maximum atomic E-state index is 4.65. The molecule has 0 nitrogen and oxygen atoms in total. The first-order valence-electron chi connectivity index (χ1n) is 11.3. The molecule has 0 N–H and O–H groups in total. The minimum absolute atomic E-state index is 0.487. The van der Waals surface area contributed by atoms with E-state index in [9.17, 15) is 0 Å². The van der Waals surface area contributed by atoms with E-state index in [0.717, 1.165) is 23.7 Å². The minimum Gasteiger partial charge on any atom is -0.0993 e. The van der Waals surface area contributed by atoms with Crippen LogP contribution >= 0.6 is 0 Å². The maximum absolute atomic E-state index is 4.65. The zero-order chi connectivity index (χ0) is 18.3. The summed E-state index contributed by atoms with van der Waals surface area (Å²) in [6.45, 7) is 19.8. The molecule has 0 aromatic carbocycles. The van der Waals surface area contributed by atoms with Gasteiger partial charge in [0.2, 0.25) is 0 Å². The monoisotopic (exact) mass is 342 g/mol. The van der Waals surface area contributed by atoms with Crippen molar-refractivity contribution in [3.05, 3.63) is 12.2 Å². The van der Waals surface area contributed by atoms with Gasteiger partial charge in [0.1, 0.15) is 0 Å². The lowest BCUT2D eigenvalue weighted by Crippen LogP contribution is -2.55. The van der Waals surface area contributed by atoms with Crippen LogP contribution in [0.4, 0.5) is 0 Å². The summed E-state index contributed by atoms with van der Waals surface area (Å²) >= 11 is 0. The average molecular weight is 343 g/mol. The van der Waals surface area contributed by atoms with E-state index in [2.05, 4.69) is 48.1 Å². The highest BCUT2D eigenvalue weighted by Gasteiger charge is 2.65. The molecular weight excluding hydrogens is 300 g/mol. The van der Waals surface area contributed by atoms with Gasteiger partial charge >= 0.3 is 0 Å². The first-order chi connectivity index (χ1) is 11.6. The van der Waals surface area contributed by atoms with Gasteiger partial charge in [0.25, 0.3) is 0 Å². The molecule has 4 rings (SSSR count). The van der Waals surface area contributed by atoms with E-state index in [-0.39, 0.29) is 0 Å². The number of rotatable bonds is 2. The Morgan fingerprint density at radius 2 is 1.64 bits per heavy atom. The summed E-state index contributed by atoms with van der Waals surface area (Å²) in [5.74, 6) is 3.56. The van der Waals surface area contributed by atoms with Gasteiger partial charge in [-0.1, -0.05) is 53.7 Å².